The van der Waals surface area contributed by atoms with Crippen LogP contribution in [0.3, 0.4) is 0 Å². The number of hydrogen-bond donors (Lipinski definition) is 0. The van der Waals surface area contributed by atoms with Crippen LogP contribution in [-0.4, -0.2) is 39.6 Å². The van der Waals surface area contributed by atoms with Crippen LogP contribution in [0.15, 0.2) is 0 Å². The molecule has 0 aliphatic carbocycles. The van der Waals surface area contributed by atoms with Crippen LogP contribution >= 0.6 is 0 Å². The van der Waals surface area contributed by atoms with Gasteiger partial charge in [-0.25, -0.2) is 0 Å². The minimum absolute atomic E-state index is 0.681. The molecule has 19 heavy (non-hydrogen) atoms. The fourth-order valence-electron chi connectivity index (χ4n) is 1.83. The molecule has 0 radical (unpaired) electrons. The molecule has 0 aromatic heterocycles. The maximum absolute atomic E-state index is 5.66. The molecular formula is C16H34O3. The molecule has 0 heterocycles. The summed E-state index contributed by atoms with van der Waals surface area (Å²) in [6.45, 7) is 11.2. The summed E-state index contributed by atoms with van der Waals surface area (Å²) in [6, 6.07) is 0. The van der Waals surface area contributed by atoms with E-state index in [-0.39, 0.29) is 0 Å². The fraction of sp³-hybridized carbons (Fsp3) is 1.00. The Morgan fingerprint density at radius 2 is 1.26 bits per heavy atom. The third-order valence-corrected chi connectivity index (χ3v) is 3.28. The average molecular weight is 274 g/mol. The van der Waals surface area contributed by atoms with Crippen LogP contribution in [-0.2, 0) is 14.2 Å². The van der Waals surface area contributed by atoms with Gasteiger partial charge in [-0.15, -0.1) is 0 Å². The topological polar surface area (TPSA) is 27.7 Å². The largest absolute Gasteiger partial charge is 0.379 e. The summed E-state index contributed by atoms with van der Waals surface area (Å²) in [4.78, 5) is 0. The Labute approximate surface area is 120 Å². The Bertz CT molecular complexity index is 162. The molecule has 0 fully saturated rings. The average Bonchev–Trinajstić information content (AvgIpc) is 2.44. The van der Waals surface area contributed by atoms with Crippen LogP contribution in [0.25, 0.3) is 0 Å². The van der Waals surface area contributed by atoms with Crippen LogP contribution in [0.1, 0.15) is 59.3 Å². The third-order valence-electron chi connectivity index (χ3n) is 3.28. The lowest BCUT2D eigenvalue weighted by atomic mass is 10.0. The van der Waals surface area contributed by atoms with Crippen molar-refractivity contribution in [2.75, 3.05) is 39.6 Å². The monoisotopic (exact) mass is 274 g/mol. The number of hydrogen-bond acceptors (Lipinski definition) is 3. The zero-order valence-electron chi connectivity index (χ0n) is 13.3. The van der Waals surface area contributed by atoms with Crippen molar-refractivity contribution in [3.05, 3.63) is 0 Å². The van der Waals surface area contributed by atoms with E-state index < -0.39 is 0 Å². The van der Waals surface area contributed by atoms with Crippen LogP contribution in [0.5, 0.6) is 0 Å². The summed E-state index contributed by atoms with van der Waals surface area (Å²) >= 11 is 0. The lowest BCUT2D eigenvalue weighted by Gasteiger charge is -2.14. The van der Waals surface area contributed by atoms with Crippen LogP contribution in [0.4, 0.5) is 0 Å². The predicted octanol–water partition coefficient (Wildman–Crippen LogP) is 4.05. The summed E-state index contributed by atoms with van der Waals surface area (Å²) in [5, 5.41) is 0. The standard InChI is InChI=1S/C16H34O3/c1-4-7-9-16(6-3)15-19-14-13-18-12-11-17-10-8-5-2/h16H,4-15H2,1-3H3. The molecule has 3 nitrogen and oxygen atoms in total. The van der Waals surface area contributed by atoms with Gasteiger partial charge in [0.05, 0.1) is 26.4 Å². The van der Waals surface area contributed by atoms with Crippen LogP contribution in [0.2, 0.25) is 0 Å². The second-order valence-electron chi connectivity index (χ2n) is 5.07. The molecular weight excluding hydrogens is 240 g/mol. The van der Waals surface area contributed by atoms with Gasteiger partial charge in [-0.05, 0) is 18.8 Å². The van der Waals surface area contributed by atoms with E-state index >= 15 is 0 Å². The Hall–Kier alpha value is -0.120. The molecule has 1 unspecified atom stereocenters. The van der Waals surface area contributed by atoms with E-state index in [9.17, 15) is 0 Å². The maximum atomic E-state index is 5.66. The van der Waals surface area contributed by atoms with E-state index in [1.54, 1.807) is 0 Å². The minimum Gasteiger partial charge on any atom is -0.379 e. The summed E-state index contributed by atoms with van der Waals surface area (Å²) < 4.78 is 16.5. The van der Waals surface area contributed by atoms with Gasteiger partial charge in [-0.1, -0.05) is 46.5 Å². The Balaban J connectivity index is 3.16. The molecule has 0 N–H and O–H groups in total. The second-order valence-corrected chi connectivity index (χ2v) is 5.07. The fourth-order valence-corrected chi connectivity index (χ4v) is 1.83. The molecule has 0 aromatic carbocycles. The Kier molecular flexibility index (Phi) is 15.8. The van der Waals surface area contributed by atoms with Gasteiger partial charge < -0.3 is 14.2 Å². The highest BCUT2D eigenvalue weighted by molar-refractivity contribution is 4.55. The van der Waals surface area contributed by atoms with Crippen LogP contribution in [0, 0.1) is 5.92 Å². The smallest absolute Gasteiger partial charge is 0.0701 e. The first kappa shape index (κ1) is 18.9. The van der Waals surface area contributed by atoms with E-state index in [0.717, 1.165) is 25.6 Å². The van der Waals surface area contributed by atoms with Gasteiger partial charge in [-0.3, -0.25) is 0 Å². The summed E-state index contributed by atoms with van der Waals surface area (Å²) in [5.41, 5.74) is 0. The molecule has 0 spiro atoms. The third kappa shape index (κ3) is 14.1. The van der Waals surface area contributed by atoms with Gasteiger partial charge in [0.15, 0.2) is 0 Å². The van der Waals surface area contributed by atoms with Crippen molar-refractivity contribution in [2.24, 2.45) is 5.92 Å². The van der Waals surface area contributed by atoms with Gasteiger partial charge in [-0.2, -0.15) is 0 Å². The molecule has 116 valence electrons. The summed E-state index contributed by atoms with van der Waals surface area (Å²) in [5.74, 6) is 0.720. The van der Waals surface area contributed by atoms with Crippen molar-refractivity contribution >= 4 is 0 Å². The molecule has 0 saturated heterocycles. The highest BCUT2D eigenvalue weighted by Crippen LogP contribution is 2.12. The van der Waals surface area contributed by atoms with E-state index in [0.29, 0.717) is 26.4 Å². The predicted molar refractivity (Wildman–Crippen MR) is 80.7 cm³/mol. The highest BCUT2D eigenvalue weighted by Gasteiger charge is 2.05. The Morgan fingerprint density at radius 3 is 1.84 bits per heavy atom. The SMILES string of the molecule is CCCCOCCOCCOCC(CC)CCCC. The molecule has 3 heteroatoms. The molecule has 1 atom stereocenters. The van der Waals surface area contributed by atoms with Crippen molar-refractivity contribution in [3.8, 4) is 0 Å². The molecule has 0 bridgehead atoms. The van der Waals surface area contributed by atoms with E-state index in [4.69, 9.17) is 14.2 Å². The molecule has 0 amide bonds. The second kappa shape index (κ2) is 15.9. The number of unbranched alkanes of at least 4 members (excludes halogenated alkanes) is 2. The van der Waals surface area contributed by atoms with Crippen molar-refractivity contribution in [1.82, 2.24) is 0 Å². The van der Waals surface area contributed by atoms with Crippen LogP contribution < -0.4 is 0 Å². The molecule has 0 aliphatic heterocycles. The zero-order valence-corrected chi connectivity index (χ0v) is 13.3. The number of rotatable bonds is 15. The van der Waals surface area contributed by atoms with E-state index in [1.165, 1.54) is 32.1 Å². The number of ether oxygens (including phenoxy) is 3. The van der Waals surface area contributed by atoms with Crippen molar-refractivity contribution in [3.63, 3.8) is 0 Å². The normalized spacial score (nSPS) is 12.8. The van der Waals surface area contributed by atoms with Crippen molar-refractivity contribution in [2.45, 2.75) is 59.3 Å². The quantitative estimate of drug-likeness (QED) is 0.422. The molecule has 0 rings (SSSR count). The van der Waals surface area contributed by atoms with E-state index in [2.05, 4.69) is 20.8 Å². The maximum Gasteiger partial charge on any atom is 0.0701 e. The van der Waals surface area contributed by atoms with Gasteiger partial charge in [0.2, 0.25) is 0 Å². The molecule has 0 aliphatic rings. The first-order valence-corrected chi connectivity index (χ1v) is 8.08. The molecule has 0 aromatic rings. The van der Waals surface area contributed by atoms with E-state index in [1.807, 2.05) is 0 Å². The zero-order chi connectivity index (χ0) is 14.2. The first-order chi connectivity index (χ1) is 9.35. The van der Waals surface area contributed by atoms with Crippen molar-refractivity contribution < 1.29 is 14.2 Å². The van der Waals surface area contributed by atoms with Gasteiger partial charge >= 0.3 is 0 Å². The summed E-state index contributed by atoms with van der Waals surface area (Å²) in [6.07, 6.45) is 7.42. The highest BCUT2D eigenvalue weighted by atomic mass is 16.5. The lowest BCUT2D eigenvalue weighted by molar-refractivity contribution is 0.00586. The van der Waals surface area contributed by atoms with Gasteiger partial charge in [0, 0.05) is 13.2 Å². The van der Waals surface area contributed by atoms with Crippen molar-refractivity contribution in [1.29, 1.82) is 0 Å². The summed E-state index contributed by atoms with van der Waals surface area (Å²) in [7, 11) is 0. The van der Waals surface area contributed by atoms with Gasteiger partial charge in [0.25, 0.3) is 0 Å². The lowest BCUT2D eigenvalue weighted by Crippen LogP contribution is -2.14. The minimum atomic E-state index is 0.681. The molecule has 0 saturated carbocycles. The van der Waals surface area contributed by atoms with Gasteiger partial charge in [0.1, 0.15) is 0 Å². The Morgan fingerprint density at radius 1 is 0.684 bits per heavy atom. The first-order valence-electron chi connectivity index (χ1n) is 8.08.